The molecule has 1 aromatic rings. The van der Waals surface area contributed by atoms with Gasteiger partial charge in [0.1, 0.15) is 0 Å². The molecular formula is C16H24N2O3. The highest BCUT2D eigenvalue weighted by Crippen LogP contribution is 2.24. The summed E-state index contributed by atoms with van der Waals surface area (Å²) in [6.07, 6.45) is 3.08. The van der Waals surface area contributed by atoms with Crippen LogP contribution in [0.2, 0.25) is 0 Å². The lowest BCUT2D eigenvalue weighted by atomic mass is 9.93. The lowest BCUT2D eigenvalue weighted by Crippen LogP contribution is -2.43. The normalized spacial score (nSPS) is 20.4. The van der Waals surface area contributed by atoms with Gasteiger partial charge in [0.15, 0.2) is 11.4 Å². The van der Waals surface area contributed by atoms with Gasteiger partial charge in [0.05, 0.1) is 12.2 Å². The van der Waals surface area contributed by atoms with Gasteiger partial charge >= 0.3 is 0 Å². The molecule has 1 fully saturated rings. The van der Waals surface area contributed by atoms with E-state index in [1.165, 1.54) is 0 Å². The Hall–Kier alpha value is -1.62. The SMILES string of the molecule is CC(C)Oc1cccnc1C(=O)N1CCCC(C(C)O)C1. The summed E-state index contributed by atoms with van der Waals surface area (Å²) in [5.74, 6) is 0.550. The molecule has 2 heterocycles. The zero-order valence-electron chi connectivity index (χ0n) is 13.0. The first-order valence-electron chi connectivity index (χ1n) is 7.58. The quantitative estimate of drug-likeness (QED) is 0.923. The molecule has 0 spiro atoms. The summed E-state index contributed by atoms with van der Waals surface area (Å²) >= 11 is 0. The Morgan fingerprint density at radius 3 is 2.90 bits per heavy atom. The molecule has 2 rings (SSSR count). The summed E-state index contributed by atoms with van der Waals surface area (Å²) in [5.41, 5.74) is 0.359. The van der Waals surface area contributed by atoms with Crippen molar-refractivity contribution in [3.05, 3.63) is 24.0 Å². The second kappa shape index (κ2) is 6.89. The molecule has 1 saturated heterocycles. The molecule has 21 heavy (non-hydrogen) atoms. The van der Waals surface area contributed by atoms with Gasteiger partial charge in [0, 0.05) is 25.2 Å². The Morgan fingerprint density at radius 2 is 2.24 bits per heavy atom. The molecule has 5 heteroatoms. The van der Waals surface area contributed by atoms with Gasteiger partial charge in [0.2, 0.25) is 0 Å². The minimum atomic E-state index is -0.393. The number of carbonyl (C=O) groups excluding carboxylic acids is 1. The van der Waals surface area contributed by atoms with Gasteiger partial charge in [-0.1, -0.05) is 0 Å². The predicted molar refractivity (Wildman–Crippen MR) is 80.3 cm³/mol. The third kappa shape index (κ3) is 3.94. The molecule has 1 aliphatic heterocycles. The molecule has 0 bridgehead atoms. The smallest absolute Gasteiger partial charge is 0.276 e. The Morgan fingerprint density at radius 1 is 1.48 bits per heavy atom. The number of aliphatic hydroxyl groups excluding tert-OH is 1. The van der Waals surface area contributed by atoms with Crippen molar-refractivity contribution >= 4 is 5.91 Å². The van der Waals surface area contributed by atoms with Crippen molar-refractivity contribution in [2.24, 2.45) is 5.92 Å². The van der Waals surface area contributed by atoms with E-state index < -0.39 is 6.10 Å². The molecule has 0 aliphatic carbocycles. The molecule has 0 radical (unpaired) electrons. The van der Waals surface area contributed by atoms with Crippen LogP contribution in [-0.2, 0) is 0 Å². The number of nitrogens with zero attached hydrogens (tertiary/aromatic N) is 2. The number of hydrogen-bond acceptors (Lipinski definition) is 4. The van der Waals surface area contributed by atoms with E-state index in [0.29, 0.717) is 24.5 Å². The summed E-state index contributed by atoms with van der Waals surface area (Å²) in [4.78, 5) is 18.6. The maximum atomic E-state index is 12.7. The molecule has 1 amide bonds. The number of piperidine rings is 1. The largest absolute Gasteiger partial charge is 0.489 e. The van der Waals surface area contributed by atoms with Crippen LogP contribution in [0, 0.1) is 5.92 Å². The fourth-order valence-electron chi connectivity index (χ4n) is 2.64. The van der Waals surface area contributed by atoms with Crippen molar-refractivity contribution in [1.29, 1.82) is 0 Å². The summed E-state index contributed by atoms with van der Waals surface area (Å²) in [6, 6.07) is 3.54. The minimum Gasteiger partial charge on any atom is -0.489 e. The Bertz CT molecular complexity index is 488. The number of aliphatic hydroxyl groups is 1. The Labute approximate surface area is 125 Å². The average Bonchev–Trinajstić information content (AvgIpc) is 2.46. The van der Waals surface area contributed by atoms with Crippen LogP contribution in [0.25, 0.3) is 0 Å². The maximum Gasteiger partial charge on any atom is 0.276 e. The highest BCUT2D eigenvalue weighted by Gasteiger charge is 2.29. The second-order valence-corrected chi connectivity index (χ2v) is 5.91. The van der Waals surface area contributed by atoms with E-state index in [0.717, 1.165) is 12.8 Å². The van der Waals surface area contributed by atoms with Crippen molar-refractivity contribution in [1.82, 2.24) is 9.88 Å². The monoisotopic (exact) mass is 292 g/mol. The number of carbonyl (C=O) groups is 1. The zero-order valence-corrected chi connectivity index (χ0v) is 13.0. The highest BCUT2D eigenvalue weighted by atomic mass is 16.5. The molecule has 5 nitrogen and oxygen atoms in total. The first kappa shape index (κ1) is 15.8. The van der Waals surface area contributed by atoms with Crippen molar-refractivity contribution in [3.63, 3.8) is 0 Å². The molecule has 1 aromatic heterocycles. The van der Waals surface area contributed by atoms with Gasteiger partial charge < -0.3 is 14.7 Å². The van der Waals surface area contributed by atoms with Crippen LogP contribution in [0.5, 0.6) is 5.75 Å². The second-order valence-electron chi connectivity index (χ2n) is 5.91. The number of aromatic nitrogens is 1. The van der Waals surface area contributed by atoms with Crippen molar-refractivity contribution in [3.8, 4) is 5.75 Å². The first-order valence-corrected chi connectivity index (χ1v) is 7.58. The number of rotatable bonds is 4. The number of likely N-dealkylation sites (tertiary alicyclic amines) is 1. The van der Waals surface area contributed by atoms with Crippen LogP contribution >= 0.6 is 0 Å². The summed E-state index contributed by atoms with van der Waals surface area (Å²) in [5, 5.41) is 9.74. The molecule has 2 atom stereocenters. The number of ether oxygens (including phenoxy) is 1. The fourth-order valence-corrected chi connectivity index (χ4v) is 2.64. The van der Waals surface area contributed by atoms with E-state index in [1.54, 1.807) is 30.2 Å². The van der Waals surface area contributed by atoms with Crippen molar-refractivity contribution < 1.29 is 14.6 Å². The van der Waals surface area contributed by atoms with Crippen molar-refractivity contribution in [2.45, 2.75) is 45.8 Å². The lowest BCUT2D eigenvalue weighted by molar-refractivity contribution is 0.0457. The van der Waals surface area contributed by atoms with Crippen LogP contribution in [-0.4, -0.2) is 46.2 Å². The molecule has 1 N–H and O–H groups in total. The van der Waals surface area contributed by atoms with Gasteiger partial charge in [-0.2, -0.15) is 0 Å². The standard InChI is InChI=1S/C16H24N2O3/c1-11(2)21-14-7-4-8-17-15(14)16(20)18-9-5-6-13(10-18)12(3)19/h4,7-8,11-13,19H,5-6,9-10H2,1-3H3. The summed E-state index contributed by atoms with van der Waals surface area (Å²) in [7, 11) is 0. The van der Waals surface area contributed by atoms with E-state index in [2.05, 4.69) is 4.98 Å². The van der Waals surface area contributed by atoms with Crippen LogP contribution in [0.15, 0.2) is 18.3 Å². The van der Waals surface area contributed by atoms with Gasteiger partial charge in [0.25, 0.3) is 5.91 Å². The van der Waals surface area contributed by atoms with E-state index in [1.807, 2.05) is 13.8 Å². The van der Waals surface area contributed by atoms with Crippen LogP contribution in [0.4, 0.5) is 0 Å². The third-order valence-corrected chi connectivity index (χ3v) is 3.76. The highest BCUT2D eigenvalue weighted by molar-refractivity contribution is 5.95. The molecule has 0 saturated carbocycles. The van der Waals surface area contributed by atoms with E-state index >= 15 is 0 Å². The van der Waals surface area contributed by atoms with Crippen LogP contribution in [0.1, 0.15) is 44.1 Å². The Kier molecular flexibility index (Phi) is 5.17. The van der Waals surface area contributed by atoms with Crippen molar-refractivity contribution in [2.75, 3.05) is 13.1 Å². The van der Waals surface area contributed by atoms with Gasteiger partial charge in [-0.15, -0.1) is 0 Å². The molecule has 116 valence electrons. The van der Waals surface area contributed by atoms with Crippen LogP contribution in [0.3, 0.4) is 0 Å². The number of amides is 1. The third-order valence-electron chi connectivity index (χ3n) is 3.76. The minimum absolute atomic E-state index is 0.00711. The topological polar surface area (TPSA) is 62.7 Å². The fraction of sp³-hybridized carbons (Fsp3) is 0.625. The Balaban J connectivity index is 2.16. The number of pyridine rings is 1. The zero-order chi connectivity index (χ0) is 15.4. The van der Waals surface area contributed by atoms with E-state index in [9.17, 15) is 9.90 Å². The van der Waals surface area contributed by atoms with Gasteiger partial charge in [-0.05, 0) is 45.7 Å². The summed E-state index contributed by atoms with van der Waals surface area (Å²) in [6.45, 7) is 6.91. The predicted octanol–water partition coefficient (Wildman–Crippen LogP) is 2.10. The first-order chi connectivity index (χ1) is 9.99. The maximum absolute atomic E-state index is 12.7. The average molecular weight is 292 g/mol. The van der Waals surface area contributed by atoms with Gasteiger partial charge in [-0.25, -0.2) is 4.98 Å². The molecule has 2 unspecified atom stereocenters. The molecular weight excluding hydrogens is 268 g/mol. The lowest BCUT2D eigenvalue weighted by Gasteiger charge is -2.34. The van der Waals surface area contributed by atoms with Gasteiger partial charge in [-0.3, -0.25) is 4.79 Å². The number of hydrogen-bond donors (Lipinski definition) is 1. The molecule has 1 aliphatic rings. The van der Waals surface area contributed by atoms with E-state index in [4.69, 9.17) is 4.74 Å². The van der Waals surface area contributed by atoms with E-state index in [-0.39, 0.29) is 17.9 Å². The summed E-state index contributed by atoms with van der Waals surface area (Å²) < 4.78 is 5.67. The molecule has 0 aromatic carbocycles. The van der Waals surface area contributed by atoms with Crippen LogP contribution < -0.4 is 4.74 Å².